The van der Waals surface area contributed by atoms with E-state index in [-0.39, 0.29) is 6.04 Å². The second-order valence-electron chi connectivity index (χ2n) is 7.53. The molecule has 0 aliphatic carbocycles. The summed E-state index contributed by atoms with van der Waals surface area (Å²) >= 11 is 5.72. The van der Waals surface area contributed by atoms with E-state index in [0.717, 1.165) is 50.9 Å². The lowest BCUT2D eigenvalue weighted by Gasteiger charge is -2.32. The van der Waals surface area contributed by atoms with E-state index in [1.54, 1.807) is 12.1 Å². The topological polar surface area (TPSA) is 49.4 Å². The molecule has 0 aromatic heterocycles. The summed E-state index contributed by atoms with van der Waals surface area (Å²) in [5, 5.41) is 0. The van der Waals surface area contributed by atoms with Gasteiger partial charge in [0.2, 0.25) is 10.0 Å². The van der Waals surface area contributed by atoms with Crippen LogP contribution in [-0.4, -0.2) is 38.3 Å². The summed E-state index contributed by atoms with van der Waals surface area (Å²) < 4.78 is 28.3. The van der Waals surface area contributed by atoms with Crippen molar-refractivity contribution in [2.24, 2.45) is 0 Å². The minimum Gasteiger partial charge on any atom is -0.299 e. The van der Waals surface area contributed by atoms with E-state index in [9.17, 15) is 8.42 Å². The number of hydrogen-bond donors (Lipinski definition) is 1. The standard InChI is InChI=1S/C22H29ClN2O2S/c1-18-5-2-3-7-20(18)17-25-15-12-21(13-16-25)24-28(26,27)22-10-8-19(9-11-22)6-4-14-23/h2-3,5,7-11,21,24H,4,6,12-17H2,1H3. The van der Waals surface area contributed by atoms with Crippen LogP contribution >= 0.6 is 11.6 Å². The van der Waals surface area contributed by atoms with Gasteiger partial charge in [-0.05, 0) is 61.4 Å². The van der Waals surface area contributed by atoms with Crippen LogP contribution in [0.25, 0.3) is 0 Å². The van der Waals surface area contributed by atoms with E-state index in [1.807, 2.05) is 12.1 Å². The first-order chi connectivity index (χ1) is 13.5. The number of nitrogens with one attached hydrogen (secondary N) is 1. The van der Waals surface area contributed by atoms with Gasteiger partial charge in [-0.15, -0.1) is 11.6 Å². The van der Waals surface area contributed by atoms with Crippen LogP contribution in [-0.2, 0) is 23.0 Å². The first-order valence-electron chi connectivity index (χ1n) is 9.92. The van der Waals surface area contributed by atoms with Crippen molar-refractivity contribution in [3.8, 4) is 0 Å². The number of likely N-dealkylation sites (tertiary alicyclic amines) is 1. The van der Waals surface area contributed by atoms with Crippen molar-refractivity contribution in [2.45, 2.75) is 50.1 Å². The van der Waals surface area contributed by atoms with Gasteiger partial charge in [-0.1, -0.05) is 36.4 Å². The van der Waals surface area contributed by atoms with Crippen LogP contribution in [0.2, 0.25) is 0 Å². The molecule has 4 nitrogen and oxygen atoms in total. The number of benzene rings is 2. The molecule has 1 saturated heterocycles. The molecule has 0 spiro atoms. The van der Waals surface area contributed by atoms with E-state index in [4.69, 9.17) is 11.6 Å². The Labute approximate surface area is 174 Å². The van der Waals surface area contributed by atoms with Gasteiger partial charge in [-0.25, -0.2) is 13.1 Å². The van der Waals surface area contributed by atoms with E-state index < -0.39 is 10.0 Å². The molecule has 1 N–H and O–H groups in total. The van der Waals surface area contributed by atoms with Crippen molar-refractivity contribution < 1.29 is 8.42 Å². The lowest BCUT2D eigenvalue weighted by molar-refractivity contribution is 0.199. The Morgan fingerprint density at radius 3 is 2.39 bits per heavy atom. The highest BCUT2D eigenvalue weighted by molar-refractivity contribution is 7.89. The van der Waals surface area contributed by atoms with Crippen molar-refractivity contribution in [2.75, 3.05) is 19.0 Å². The molecule has 3 rings (SSSR count). The van der Waals surface area contributed by atoms with E-state index >= 15 is 0 Å². The Bertz CT molecular complexity index is 860. The van der Waals surface area contributed by atoms with E-state index in [2.05, 4.69) is 40.8 Å². The molecule has 1 fully saturated rings. The molecule has 1 aliphatic rings. The second-order valence-corrected chi connectivity index (χ2v) is 9.63. The average Bonchev–Trinajstić information content (AvgIpc) is 2.70. The third-order valence-electron chi connectivity index (χ3n) is 5.40. The minimum absolute atomic E-state index is 0.00551. The van der Waals surface area contributed by atoms with Gasteiger partial charge in [0.15, 0.2) is 0 Å². The maximum Gasteiger partial charge on any atom is 0.240 e. The van der Waals surface area contributed by atoms with Gasteiger partial charge in [0.05, 0.1) is 4.90 Å². The zero-order chi connectivity index (χ0) is 20.0. The van der Waals surface area contributed by atoms with Gasteiger partial charge in [-0.3, -0.25) is 4.90 Å². The first kappa shape index (κ1) is 21.3. The molecule has 28 heavy (non-hydrogen) atoms. The molecule has 6 heteroatoms. The number of halogens is 1. The normalized spacial score (nSPS) is 16.4. The summed E-state index contributed by atoms with van der Waals surface area (Å²) in [5.74, 6) is 0.615. The molecule has 0 unspecified atom stereocenters. The number of nitrogens with zero attached hydrogens (tertiary/aromatic N) is 1. The average molecular weight is 421 g/mol. The summed E-state index contributed by atoms with van der Waals surface area (Å²) in [5.41, 5.74) is 3.76. The van der Waals surface area contributed by atoms with Crippen LogP contribution in [0, 0.1) is 6.92 Å². The van der Waals surface area contributed by atoms with Gasteiger partial charge < -0.3 is 0 Å². The lowest BCUT2D eigenvalue weighted by Crippen LogP contribution is -2.44. The highest BCUT2D eigenvalue weighted by atomic mass is 35.5. The molecule has 0 bridgehead atoms. The predicted molar refractivity (Wildman–Crippen MR) is 115 cm³/mol. The maximum atomic E-state index is 12.7. The molecule has 1 aliphatic heterocycles. The Morgan fingerprint density at radius 2 is 1.75 bits per heavy atom. The van der Waals surface area contributed by atoms with Crippen molar-refractivity contribution in [3.63, 3.8) is 0 Å². The van der Waals surface area contributed by atoms with Gasteiger partial charge in [0, 0.05) is 31.6 Å². The molecule has 2 aromatic rings. The quantitative estimate of drug-likeness (QED) is 0.654. The Hall–Kier alpha value is -1.40. The van der Waals surface area contributed by atoms with Crippen molar-refractivity contribution in [1.29, 1.82) is 0 Å². The van der Waals surface area contributed by atoms with Gasteiger partial charge in [-0.2, -0.15) is 0 Å². The van der Waals surface area contributed by atoms with Crippen LogP contribution < -0.4 is 4.72 Å². The van der Waals surface area contributed by atoms with Crippen molar-refractivity contribution >= 4 is 21.6 Å². The fourth-order valence-corrected chi connectivity index (χ4v) is 5.07. The SMILES string of the molecule is Cc1ccccc1CN1CCC(NS(=O)(=O)c2ccc(CCCCl)cc2)CC1. The molecular formula is C22H29ClN2O2S. The van der Waals surface area contributed by atoms with Crippen LogP contribution in [0.3, 0.4) is 0 Å². The monoisotopic (exact) mass is 420 g/mol. The number of alkyl halides is 1. The molecule has 1 heterocycles. The number of hydrogen-bond acceptors (Lipinski definition) is 3. The maximum absolute atomic E-state index is 12.7. The fraction of sp³-hybridized carbons (Fsp3) is 0.455. The lowest BCUT2D eigenvalue weighted by atomic mass is 10.0. The summed E-state index contributed by atoms with van der Waals surface area (Å²) in [4.78, 5) is 2.74. The third kappa shape index (κ3) is 5.80. The van der Waals surface area contributed by atoms with Gasteiger partial charge in [0.1, 0.15) is 0 Å². The summed E-state index contributed by atoms with van der Waals surface area (Å²) in [6.45, 7) is 4.87. The molecule has 152 valence electrons. The highest BCUT2D eigenvalue weighted by Crippen LogP contribution is 2.19. The largest absolute Gasteiger partial charge is 0.299 e. The molecule has 2 aromatic carbocycles. The van der Waals surface area contributed by atoms with Crippen LogP contribution in [0.5, 0.6) is 0 Å². The first-order valence-corrected chi connectivity index (χ1v) is 11.9. The smallest absolute Gasteiger partial charge is 0.240 e. The van der Waals surface area contributed by atoms with Crippen LogP contribution in [0.15, 0.2) is 53.4 Å². The molecular weight excluding hydrogens is 392 g/mol. The van der Waals surface area contributed by atoms with E-state index in [1.165, 1.54) is 11.1 Å². The van der Waals surface area contributed by atoms with Crippen LogP contribution in [0.4, 0.5) is 0 Å². The molecule has 0 amide bonds. The van der Waals surface area contributed by atoms with Gasteiger partial charge >= 0.3 is 0 Å². The number of aryl methyl sites for hydroxylation is 2. The number of rotatable bonds is 8. The zero-order valence-corrected chi connectivity index (χ0v) is 18.0. The highest BCUT2D eigenvalue weighted by Gasteiger charge is 2.24. The zero-order valence-electron chi connectivity index (χ0n) is 16.4. The third-order valence-corrected chi connectivity index (χ3v) is 7.20. The molecule has 0 saturated carbocycles. The summed E-state index contributed by atoms with van der Waals surface area (Å²) in [6.07, 6.45) is 3.43. The minimum atomic E-state index is -3.47. The Kier molecular flexibility index (Phi) is 7.52. The fourth-order valence-electron chi connectivity index (χ4n) is 3.63. The predicted octanol–water partition coefficient (Wildman–Crippen LogP) is 4.11. The Balaban J connectivity index is 1.52. The summed E-state index contributed by atoms with van der Waals surface area (Å²) in [6, 6.07) is 15.6. The molecule has 0 radical (unpaired) electrons. The number of piperidine rings is 1. The summed E-state index contributed by atoms with van der Waals surface area (Å²) in [7, 11) is -3.47. The van der Waals surface area contributed by atoms with Crippen molar-refractivity contribution in [3.05, 3.63) is 65.2 Å². The second kappa shape index (κ2) is 9.88. The van der Waals surface area contributed by atoms with E-state index in [0.29, 0.717) is 10.8 Å². The number of sulfonamides is 1. The molecule has 0 atom stereocenters. The van der Waals surface area contributed by atoms with Gasteiger partial charge in [0.25, 0.3) is 0 Å². The Morgan fingerprint density at radius 1 is 1.07 bits per heavy atom. The van der Waals surface area contributed by atoms with Crippen LogP contribution in [0.1, 0.15) is 36.0 Å². The van der Waals surface area contributed by atoms with Crippen molar-refractivity contribution in [1.82, 2.24) is 9.62 Å².